The van der Waals surface area contributed by atoms with Gasteiger partial charge in [0.1, 0.15) is 11.6 Å². The van der Waals surface area contributed by atoms with E-state index in [4.69, 9.17) is 21.3 Å². The first-order chi connectivity index (χ1) is 20.1. The maximum Gasteiger partial charge on any atom is 0.294 e. The zero-order chi connectivity index (χ0) is 30.4. The molecule has 0 unspecified atom stereocenters. The average Bonchev–Trinajstić information content (AvgIpc) is 2.99. The Morgan fingerprint density at radius 2 is 1.81 bits per heavy atom. The number of nitrogens with one attached hydrogen (secondary N) is 1. The van der Waals surface area contributed by atoms with Crippen LogP contribution in [0.3, 0.4) is 0 Å². The van der Waals surface area contributed by atoms with Crippen LogP contribution in [-0.2, 0) is 22.4 Å². The Labute approximate surface area is 250 Å². The van der Waals surface area contributed by atoms with Crippen molar-refractivity contribution in [3.63, 3.8) is 0 Å². The summed E-state index contributed by atoms with van der Waals surface area (Å²) < 4.78 is 5.76. The van der Waals surface area contributed by atoms with E-state index in [1.54, 1.807) is 31.4 Å². The second-order valence-electron chi connectivity index (χ2n) is 10.3. The van der Waals surface area contributed by atoms with Crippen molar-refractivity contribution in [1.29, 1.82) is 0 Å². The van der Waals surface area contributed by atoms with Crippen LogP contribution in [0.5, 0.6) is 5.75 Å². The molecule has 220 valence electrons. The molecule has 1 aromatic heterocycles. The summed E-state index contributed by atoms with van der Waals surface area (Å²) in [5, 5.41) is 3.28. The number of amides is 2. The highest BCUT2D eigenvalue weighted by atomic mass is 35.5. The molecule has 10 nitrogen and oxygen atoms in total. The molecule has 3 aromatic rings. The topological polar surface area (TPSA) is 108 Å². The molecule has 1 saturated heterocycles. The van der Waals surface area contributed by atoms with Crippen molar-refractivity contribution in [2.45, 2.75) is 12.8 Å². The van der Waals surface area contributed by atoms with Gasteiger partial charge in [0, 0.05) is 76.5 Å². The van der Waals surface area contributed by atoms with Crippen LogP contribution in [0.1, 0.15) is 33.0 Å². The normalized spacial score (nSPS) is 13.4. The number of carbonyl (C=O) groups is 3. The summed E-state index contributed by atoms with van der Waals surface area (Å²) in [4.78, 5) is 52.4. The molecular weight excluding hydrogens is 556 g/mol. The minimum absolute atomic E-state index is 0.233. The Kier molecular flexibility index (Phi) is 9.92. The van der Waals surface area contributed by atoms with E-state index in [2.05, 4.69) is 33.7 Å². The molecule has 2 amide bonds. The van der Waals surface area contributed by atoms with Crippen LogP contribution in [0.25, 0.3) is 0 Å². The Morgan fingerprint density at radius 1 is 1.10 bits per heavy atom. The number of ether oxygens (including phenoxy) is 1. The van der Waals surface area contributed by atoms with E-state index in [9.17, 15) is 14.4 Å². The van der Waals surface area contributed by atoms with Gasteiger partial charge in [-0.1, -0.05) is 42.4 Å². The second-order valence-corrected chi connectivity index (χ2v) is 10.7. The van der Waals surface area contributed by atoms with Crippen LogP contribution in [0, 0.1) is 0 Å². The number of benzene rings is 2. The first-order valence-corrected chi connectivity index (χ1v) is 13.9. The monoisotopic (exact) mass is 590 g/mol. The van der Waals surface area contributed by atoms with Crippen LogP contribution in [0.15, 0.2) is 55.3 Å². The molecule has 1 aliphatic heterocycles. The molecule has 2 aromatic carbocycles. The fourth-order valence-corrected chi connectivity index (χ4v) is 4.91. The number of hydrogen-bond donors (Lipinski definition) is 1. The van der Waals surface area contributed by atoms with Gasteiger partial charge in [0.15, 0.2) is 0 Å². The zero-order valence-corrected chi connectivity index (χ0v) is 25.1. The van der Waals surface area contributed by atoms with Gasteiger partial charge in [0.05, 0.1) is 29.2 Å². The summed E-state index contributed by atoms with van der Waals surface area (Å²) in [6.45, 7) is 7.01. The van der Waals surface area contributed by atoms with Gasteiger partial charge in [-0.15, -0.1) is 0 Å². The number of likely N-dealkylation sites (N-methyl/N-ethyl adjacent to an activating group) is 2. The molecule has 2 heterocycles. The number of methoxy groups -OCH3 is 1. The van der Waals surface area contributed by atoms with Crippen molar-refractivity contribution in [2.24, 2.45) is 0 Å². The second kappa shape index (κ2) is 13.6. The van der Waals surface area contributed by atoms with Gasteiger partial charge < -0.3 is 24.8 Å². The van der Waals surface area contributed by atoms with Crippen molar-refractivity contribution in [3.05, 3.63) is 88.5 Å². The van der Waals surface area contributed by atoms with Gasteiger partial charge in [-0.05, 0) is 24.8 Å². The number of rotatable bonds is 10. The lowest BCUT2D eigenvalue weighted by molar-refractivity contribution is -0.124. The fourth-order valence-electron chi connectivity index (χ4n) is 4.75. The molecule has 0 radical (unpaired) electrons. The highest BCUT2D eigenvalue weighted by Crippen LogP contribution is 2.35. The Balaban J connectivity index is 1.66. The SMILES string of the molecule is C=CC(=O)Nc1cc(Cc2ncc(Cl)c(Cc3ccccc3C(=O)C(=O)N(C)C)n2)c(OC)cc1N1CCN(C)CC1. The molecule has 1 aliphatic rings. The number of anilines is 2. The van der Waals surface area contributed by atoms with Gasteiger partial charge in [-0.2, -0.15) is 0 Å². The van der Waals surface area contributed by atoms with Crippen LogP contribution in [0.2, 0.25) is 5.02 Å². The Morgan fingerprint density at radius 3 is 2.48 bits per heavy atom. The maximum atomic E-state index is 12.8. The Bertz CT molecular complexity index is 1500. The van der Waals surface area contributed by atoms with E-state index in [-0.39, 0.29) is 12.3 Å². The number of carbonyl (C=O) groups excluding carboxylic acids is 3. The lowest BCUT2D eigenvalue weighted by atomic mass is 9.99. The zero-order valence-electron chi connectivity index (χ0n) is 24.3. The fraction of sp³-hybridized carbons (Fsp3) is 0.323. The van der Waals surface area contributed by atoms with Gasteiger partial charge in [-0.25, -0.2) is 9.97 Å². The van der Waals surface area contributed by atoms with Crippen LogP contribution in [-0.4, -0.2) is 91.8 Å². The minimum Gasteiger partial charge on any atom is -0.496 e. The summed E-state index contributed by atoms with van der Waals surface area (Å²) >= 11 is 6.49. The lowest BCUT2D eigenvalue weighted by Crippen LogP contribution is -2.44. The predicted octanol–water partition coefficient (Wildman–Crippen LogP) is 3.47. The molecule has 1 N–H and O–H groups in total. The van der Waals surface area contributed by atoms with E-state index < -0.39 is 11.7 Å². The van der Waals surface area contributed by atoms with Crippen molar-refractivity contribution >= 4 is 40.6 Å². The minimum atomic E-state index is -0.608. The third-order valence-corrected chi connectivity index (χ3v) is 7.44. The van der Waals surface area contributed by atoms with Gasteiger partial charge in [-0.3, -0.25) is 14.4 Å². The molecule has 0 atom stereocenters. The third kappa shape index (κ3) is 7.13. The molecule has 0 spiro atoms. The van der Waals surface area contributed by atoms with Crippen LogP contribution >= 0.6 is 11.6 Å². The maximum absolute atomic E-state index is 12.8. The van der Waals surface area contributed by atoms with Crippen LogP contribution < -0.4 is 15.0 Å². The largest absolute Gasteiger partial charge is 0.496 e. The van der Waals surface area contributed by atoms with E-state index in [1.165, 1.54) is 31.3 Å². The van der Waals surface area contributed by atoms with Gasteiger partial charge in [0.2, 0.25) is 5.91 Å². The van der Waals surface area contributed by atoms with Crippen molar-refractivity contribution in [2.75, 3.05) is 64.6 Å². The molecule has 42 heavy (non-hydrogen) atoms. The van der Waals surface area contributed by atoms with E-state index >= 15 is 0 Å². The summed E-state index contributed by atoms with van der Waals surface area (Å²) in [5.41, 5.74) is 3.74. The smallest absolute Gasteiger partial charge is 0.294 e. The van der Waals surface area contributed by atoms with E-state index in [0.29, 0.717) is 45.5 Å². The third-order valence-electron chi connectivity index (χ3n) is 7.12. The quantitative estimate of drug-likeness (QED) is 0.217. The summed E-state index contributed by atoms with van der Waals surface area (Å²) in [7, 11) is 6.76. The molecule has 0 bridgehead atoms. The molecular formula is C31H35ClN6O4. The van der Waals surface area contributed by atoms with Crippen molar-refractivity contribution in [3.8, 4) is 5.75 Å². The summed E-state index contributed by atoms with van der Waals surface area (Å²) in [6, 6.07) is 10.7. The molecule has 0 aliphatic carbocycles. The standard InChI is InChI=1S/C31H35ClN6O4/c1-6-29(39)35-25-16-21(27(42-5)18-26(25)38-13-11-37(4)12-14-38)17-28-33-19-23(32)24(34-28)15-20-9-7-8-10-22(20)30(40)31(41)36(2)3/h6-10,16,18-19H,1,11-15,17H2,2-5H3,(H,35,39). The van der Waals surface area contributed by atoms with Gasteiger partial charge in [0.25, 0.3) is 11.7 Å². The number of hydrogen-bond acceptors (Lipinski definition) is 8. The molecule has 1 fully saturated rings. The summed E-state index contributed by atoms with van der Waals surface area (Å²) in [5.74, 6) is -0.399. The molecule has 11 heteroatoms. The number of nitrogens with zero attached hydrogens (tertiary/aromatic N) is 5. The molecule has 4 rings (SSSR count). The number of halogens is 1. The first-order valence-electron chi connectivity index (χ1n) is 13.5. The summed E-state index contributed by atoms with van der Waals surface area (Å²) in [6.07, 6.45) is 3.30. The number of ketones is 1. The van der Waals surface area contributed by atoms with E-state index in [0.717, 1.165) is 37.4 Å². The molecule has 0 saturated carbocycles. The predicted molar refractivity (Wildman–Crippen MR) is 164 cm³/mol. The van der Waals surface area contributed by atoms with Gasteiger partial charge >= 0.3 is 0 Å². The number of aromatic nitrogens is 2. The Hall–Kier alpha value is -4.28. The highest BCUT2D eigenvalue weighted by molar-refractivity contribution is 6.43. The highest BCUT2D eigenvalue weighted by Gasteiger charge is 2.23. The first kappa shape index (κ1) is 30.7. The van der Waals surface area contributed by atoms with E-state index in [1.807, 2.05) is 12.1 Å². The average molecular weight is 591 g/mol. The number of piperazine rings is 1. The van der Waals surface area contributed by atoms with Crippen molar-refractivity contribution < 1.29 is 19.1 Å². The number of Topliss-reactive ketones (excluding diaryl/α,β-unsaturated/α-hetero) is 1. The van der Waals surface area contributed by atoms with Crippen LogP contribution in [0.4, 0.5) is 11.4 Å². The van der Waals surface area contributed by atoms with Crippen molar-refractivity contribution in [1.82, 2.24) is 19.8 Å². The lowest BCUT2D eigenvalue weighted by Gasteiger charge is -2.35.